The summed E-state index contributed by atoms with van der Waals surface area (Å²) in [6, 6.07) is 5.23. The highest BCUT2D eigenvalue weighted by molar-refractivity contribution is 5.97. The molecule has 1 heterocycles. The Bertz CT molecular complexity index is 870. The van der Waals surface area contributed by atoms with Crippen LogP contribution in [0.2, 0.25) is 0 Å². The Morgan fingerprint density at radius 1 is 1.22 bits per heavy atom. The molecule has 1 N–H and O–H groups in total. The quantitative estimate of drug-likeness (QED) is 0.779. The molecule has 0 fully saturated rings. The normalized spacial score (nSPS) is 11.5. The van der Waals surface area contributed by atoms with E-state index in [1.165, 1.54) is 14.0 Å². The molecule has 0 radical (unpaired) electrons. The van der Waals surface area contributed by atoms with Crippen LogP contribution >= 0.6 is 0 Å². The van der Waals surface area contributed by atoms with Crippen molar-refractivity contribution < 1.29 is 22.8 Å². The summed E-state index contributed by atoms with van der Waals surface area (Å²) < 4.78 is 40.9. The molecule has 0 aliphatic carbocycles. The van der Waals surface area contributed by atoms with Crippen LogP contribution in [-0.2, 0) is 31.0 Å². The van der Waals surface area contributed by atoms with Crippen molar-refractivity contribution in [1.82, 2.24) is 15.1 Å². The molecule has 0 saturated carbocycles. The molecule has 1 aromatic heterocycles. The molecule has 0 aliphatic rings. The van der Waals surface area contributed by atoms with Crippen molar-refractivity contribution in [1.29, 1.82) is 0 Å². The predicted octanol–water partition coefficient (Wildman–Crippen LogP) is 3.51. The maximum atomic E-state index is 13.3. The number of aryl methyl sites for hydroxylation is 3. The second kappa shape index (κ2) is 7.94. The number of hydrogen-bond acceptors (Lipinski definition) is 3. The van der Waals surface area contributed by atoms with Crippen molar-refractivity contribution in [2.45, 2.75) is 46.3 Å². The maximum absolute atomic E-state index is 13.3. The maximum Gasteiger partial charge on any atom is 0.420 e. The van der Waals surface area contributed by atoms with E-state index in [1.54, 1.807) is 25.1 Å². The number of carbonyl (C=O) groups is 2. The number of aromatic nitrogens is 2. The molecule has 0 spiro atoms. The molecule has 0 unspecified atom stereocenters. The molecule has 5 nitrogen and oxygen atoms in total. The number of alkyl halides is 3. The SMILES string of the molecule is CCC(=O)NCc1cc(CC(=O)c2c(C(F)(F)F)c(C)nn2C)ccc1C. The van der Waals surface area contributed by atoms with Crippen LogP contribution in [0.4, 0.5) is 13.2 Å². The fraction of sp³-hybridized carbons (Fsp3) is 0.421. The first kappa shape index (κ1) is 20.7. The predicted molar refractivity (Wildman–Crippen MR) is 94.3 cm³/mol. The van der Waals surface area contributed by atoms with Crippen molar-refractivity contribution in [3.05, 3.63) is 51.8 Å². The van der Waals surface area contributed by atoms with Crippen molar-refractivity contribution >= 4 is 11.7 Å². The molecular weight excluding hydrogens is 359 g/mol. The van der Waals surface area contributed by atoms with E-state index in [-0.39, 0.29) is 18.0 Å². The third kappa shape index (κ3) is 4.75. The standard InChI is InChI=1S/C19H22F3N3O2/c1-5-16(27)23-10-14-8-13(7-6-11(14)2)9-15(26)18-17(19(20,21)22)12(3)24-25(18)4/h6-8H,5,9-10H2,1-4H3,(H,23,27). The molecule has 8 heteroatoms. The zero-order chi connectivity index (χ0) is 20.4. The summed E-state index contributed by atoms with van der Waals surface area (Å²) in [5.74, 6) is -0.756. The number of carbonyl (C=O) groups excluding carboxylic acids is 2. The average Bonchev–Trinajstić information content (AvgIpc) is 2.89. The molecule has 0 saturated heterocycles. The van der Waals surface area contributed by atoms with Crippen LogP contribution in [0, 0.1) is 13.8 Å². The molecule has 1 amide bonds. The summed E-state index contributed by atoms with van der Waals surface area (Å²) in [6.45, 7) is 5.15. The van der Waals surface area contributed by atoms with E-state index in [4.69, 9.17) is 0 Å². The summed E-state index contributed by atoms with van der Waals surface area (Å²) in [5, 5.41) is 6.51. The van der Waals surface area contributed by atoms with Crippen molar-refractivity contribution in [3.63, 3.8) is 0 Å². The molecule has 2 aromatic rings. The fourth-order valence-electron chi connectivity index (χ4n) is 2.93. The smallest absolute Gasteiger partial charge is 0.352 e. The van der Waals surface area contributed by atoms with Gasteiger partial charge in [0.05, 0.1) is 5.69 Å². The Morgan fingerprint density at radius 3 is 2.48 bits per heavy atom. The highest BCUT2D eigenvalue weighted by Crippen LogP contribution is 2.34. The molecule has 0 atom stereocenters. The number of Topliss-reactive ketones (excluding diaryl/α,β-unsaturated/α-hetero) is 1. The molecular formula is C19H22F3N3O2. The van der Waals surface area contributed by atoms with E-state index in [2.05, 4.69) is 10.4 Å². The number of nitrogens with zero attached hydrogens (tertiary/aromatic N) is 2. The second-order valence-corrected chi connectivity index (χ2v) is 6.42. The van der Waals surface area contributed by atoms with Crippen molar-refractivity contribution in [2.24, 2.45) is 7.05 Å². The topological polar surface area (TPSA) is 64.0 Å². The highest BCUT2D eigenvalue weighted by atomic mass is 19.4. The zero-order valence-electron chi connectivity index (χ0n) is 15.7. The zero-order valence-corrected chi connectivity index (χ0v) is 15.7. The molecule has 146 valence electrons. The number of nitrogens with one attached hydrogen (secondary N) is 1. The van der Waals surface area contributed by atoms with E-state index in [0.29, 0.717) is 18.5 Å². The molecule has 2 rings (SSSR count). The number of rotatable bonds is 6. The van der Waals surface area contributed by atoms with Crippen LogP contribution in [0.1, 0.15) is 51.8 Å². The van der Waals surface area contributed by atoms with Gasteiger partial charge >= 0.3 is 6.18 Å². The average molecular weight is 381 g/mol. The van der Waals surface area contributed by atoms with Gasteiger partial charge < -0.3 is 5.32 Å². The van der Waals surface area contributed by atoms with Gasteiger partial charge in [0.15, 0.2) is 5.78 Å². The number of ketones is 1. The minimum atomic E-state index is -4.65. The lowest BCUT2D eigenvalue weighted by molar-refractivity contribution is -0.138. The first-order valence-electron chi connectivity index (χ1n) is 8.53. The van der Waals surface area contributed by atoms with Crippen LogP contribution in [0.5, 0.6) is 0 Å². The van der Waals surface area contributed by atoms with Crippen LogP contribution in [0.15, 0.2) is 18.2 Å². The fourth-order valence-corrected chi connectivity index (χ4v) is 2.93. The van der Waals surface area contributed by atoms with Crippen LogP contribution in [0.3, 0.4) is 0 Å². The Morgan fingerprint density at radius 2 is 1.89 bits per heavy atom. The molecule has 0 aliphatic heterocycles. The molecule has 27 heavy (non-hydrogen) atoms. The number of halogens is 3. The Balaban J connectivity index is 2.28. The lowest BCUT2D eigenvalue weighted by Gasteiger charge is -2.11. The van der Waals surface area contributed by atoms with Gasteiger partial charge in [0.25, 0.3) is 0 Å². The van der Waals surface area contributed by atoms with E-state index in [9.17, 15) is 22.8 Å². The van der Waals surface area contributed by atoms with Gasteiger partial charge in [0, 0.05) is 26.4 Å². The summed E-state index contributed by atoms with van der Waals surface area (Å²) in [5.41, 5.74) is 0.673. The Kier molecular flexibility index (Phi) is 6.08. The van der Waals surface area contributed by atoms with Gasteiger partial charge in [-0.1, -0.05) is 25.1 Å². The summed E-state index contributed by atoms with van der Waals surface area (Å²) >= 11 is 0. The second-order valence-electron chi connectivity index (χ2n) is 6.42. The van der Waals surface area contributed by atoms with Crippen LogP contribution in [0.25, 0.3) is 0 Å². The van der Waals surface area contributed by atoms with Gasteiger partial charge in [0.2, 0.25) is 5.91 Å². The van der Waals surface area contributed by atoms with E-state index < -0.39 is 23.2 Å². The van der Waals surface area contributed by atoms with Crippen molar-refractivity contribution in [2.75, 3.05) is 0 Å². The highest BCUT2D eigenvalue weighted by Gasteiger charge is 2.40. The summed E-state index contributed by atoms with van der Waals surface area (Å²) in [4.78, 5) is 24.0. The van der Waals surface area contributed by atoms with E-state index in [0.717, 1.165) is 15.8 Å². The van der Waals surface area contributed by atoms with Gasteiger partial charge in [-0.2, -0.15) is 18.3 Å². The summed E-state index contributed by atoms with van der Waals surface area (Å²) in [7, 11) is 1.33. The lowest BCUT2D eigenvalue weighted by atomic mass is 9.99. The number of benzene rings is 1. The van der Waals surface area contributed by atoms with Crippen molar-refractivity contribution in [3.8, 4) is 0 Å². The minimum Gasteiger partial charge on any atom is -0.352 e. The third-order valence-electron chi connectivity index (χ3n) is 4.35. The third-order valence-corrected chi connectivity index (χ3v) is 4.35. The Hall–Kier alpha value is -2.64. The first-order chi connectivity index (χ1) is 12.5. The lowest BCUT2D eigenvalue weighted by Crippen LogP contribution is -2.22. The monoisotopic (exact) mass is 381 g/mol. The Labute approximate surface area is 155 Å². The summed E-state index contributed by atoms with van der Waals surface area (Å²) in [6.07, 6.45) is -4.47. The molecule has 0 bridgehead atoms. The van der Waals surface area contributed by atoms with Gasteiger partial charge in [-0.15, -0.1) is 0 Å². The van der Waals surface area contributed by atoms with Gasteiger partial charge in [0.1, 0.15) is 11.3 Å². The van der Waals surface area contributed by atoms with E-state index >= 15 is 0 Å². The molecule has 1 aromatic carbocycles. The van der Waals surface area contributed by atoms with E-state index in [1.807, 2.05) is 6.92 Å². The van der Waals surface area contributed by atoms with Crippen LogP contribution in [-0.4, -0.2) is 21.5 Å². The minimum absolute atomic E-state index is 0.101. The first-order valence-corrected chi connectivity index (χ1v) is 8.53. The largest absolute Gasteiger partial charge is 0.420 e. The van der Waals surface area contributed by atoms with Gasteiger partial charge in [-0.25, -0.2) is 0 Å². The number of amides is 1. The number of hydrogen-bond donors (Lipinski definition) is 1. The van der Waals surface area contributed by atoms with Gasteiger partial charge in [-0.05, 0) is 30.5 Å². The van der Waals surface area contributed by atoms with Gasteiger partial charge in [-0.3, -0.25) is 14.3 Å². The van der Waals surface area contributed by atoms with Crippen LogP contribution < -0.4 is 5.32 Å².